The summed E-state index contributed by atoms with van der Waals surface area (Å²) in [4.78, 5) is 0. The summed E-state index contributed by atoms with van der Waals surface area (Å²) in [7, 11) is 0. The molecule has 0 saturated heterocycles. The maximum absolute atomic E-state index is 9.56. The van der Waals surface area contributed by atoms with Gasteiger partial charge in [0, 0.05) is 39.6 Å². The van der Waals surface area contributed by atoms with Gasteiger partial charge in [0.1, 0.15) is 0 Å². The number of hydrogen-bond donors (Lipinski definition) is 0. The van der Waals surface area contributed by atoms with Gasteiger partial charge in [0.25, 0.3) is 0 Å². The Kier molecular flexibility index (Phi) is 54.0. The molecule has 0 heterocycles. The van der Waals surface area contributed by atoms with Crippen LogP contribution in [0.3, 0.4) is 0 Å². The molecule has 0 aromatic rings. The average molecular weight is 406 g/mol. The standard InChI is InChI=1S/3C4H9O2.La/c3*1-2-6-4-3-5;/h3*2-4H2,1H3;/q3*-1;+3. The number of hydrogen-bond acceptors (Lipinski definition) is 6. The van der Waals surface area contributed by atoms with E-state index < -0.39 is 0 Å². The van der Waals surface area contributed by atoms with E-state index in [0.29, 0.717) is 39.6 Å². The third kappa shape index (κ3) is 55.0. The van der Waals surface area contributed by atoms with Gasteiger partial charge >= 0.3 is 35.6 Å². The molecule has 0 amide bonds. The fraction of sp³-hybridized carbons (Fsp3) is 1.00. The van der Waals surface area contributed by atoms with Crippen molar-refractivity contribution in [2.24, 2.45) is 0 Å². The number of rotatable bonds is 9. The first kappa shape index (κ1) is 28.2. The van der Waals surface area contributed by atoms with Gasteiger partial charge in [0.05, 0.1) is 0 Å². The van der Waals surface area contributed by atoms with Gasteiger partial charge in [0.2, 0.25) is 0 Å². The van der Waals surface area contributed by atoms with E-state index in [1.807, 2.05) is 20.8 Å². The monoisotopic (exact) mass is 406 g/mol. The minimum absolute atomic E-state index is 0. The molecule has 0 atom stereocenters. The fourth-order valence-electron chi connectivity index (χ4n) is 0.610. The molecule has 0 aromatic heterocycles. The van der Waals surface area contributed by atoms with Crippen molar-refractivity contribution in [3.05, 3.63) is 0 Å². The predicted octanol–water partition coefficient (Wildman–Crippen LogP) is -1.85. The minimum atomic E-state index is -0.117. The zero-order valence-electron chi connectivity index (χ0n) is 12.4. The maximum atomic E-state index is 9.56. The summed E-state index contributed by atoms with van der Waals surface area (Å²) in [6.45, 7) is 8.30. The van der Waals surface area contributed by atoms with E-state index in [9.17, 15) is 15.3 Å². The molecular formula is C12H27LaO6. The summed E-state index contributed by atoms with van der Waals surface area (Å²) in [5.74, 6) is 0. The Morgan fingerprint density at radius 2 is 0.789 bits per heavy atom. The molecule has 0 unspecified atom stereocenters. The molecule has 19 heavy (non-hydrogen) atoms. The van der Waals surface area contributed by atoms with Gasteiger partial charge < -0.3 is 29.5 Å². The summed E-state index contributed by atoms with van der Waals surface area (Å²) < 4.78 is 14.0. The molecule has 0 aliphatic carbocycles. The van der Waals surface area contributed by atoms with Crippen LogP contribution in [0.1, 0.15) is 20.8 Å². The van der Waals surface area contributed by atoms with Crippen molar-refractivity contribution in [1.29, 1.82) is 0 Å². The molecule has 7 heteroatoms. The zero-order chi connectivity index (χ0) is 14.5. The number of ether oxygens (including phenoxy) is 3. The van der Waals surface area contributed by atoms with Crippen LogP contribution in [0.25, 0.3) is 0 Å². The molecule has 0 aliphatic heterocycles. The summed E-state index contributed by atoms with van der Waals surface area (Å²) in [6, 6.07) is 0. The van der Waals surface area contributed by atoms with Crippen molar-refractivity contribution in [3.8, 4) is 0 Å². The smallest absolute Gasteiger partial charge is 0.853 e. The van der Waals surface area contributed by atoms with Crippen LogP contribution in [0.2, 0.25) is 0 Å². The SMILES string of the molecule is CCOCC[O-].CCOCC[O-].CCOCC[O-].[La+3]. The second-order valence-corrected chi connectivity index (χ2v) is 2.70. The van der Waals surface area contributed by atoms with Crippen LogP contribution < -0.4 is 15.3 Å². The van der Waals surface area contributed by atoms with E-state index in [1.165, 1.54) is 0 Å². The van der Waals surface area contributed by atoms with Gasteiger partial charge in [-0.3, -0.25) is 0 Å². The Balaban J connectivity index is -0.0000000865. The van der Waals surface area contributed by atoms with E-state index in [1.54, 1.807) is 0 Å². The first-order chi connectivity index (χ1) is 8.74. The van der Waals surface area contributed by atoms with Gasteiger partial charge in [-0.2, -0.15) is 0 Å². The third-order valence-electron chi connectivity index (χ3n) is 1.30. The predicted molar refractivity (Wildman–Crippen MR) is 64.1 cm³/mol. The Hall–Kier alpha value is 0.955. The van der Waals surface area contributed by atoms with Gasteiger partial charge in [-0.1, -0.05) is 0 Å². The van der Waals surface area contributed by atoms with Gasteiger partial charge in [-0.15, -0.1) is 19.8 Å². The Bertz CT molecular complexity index is 77.2. The second kappa shape index (κ2) is 36.4. The van der Waals surface area contributed by atoms with Crippen LogP contribution in [0, 0.1) is 35.6 Å². The van der Waals surface area contributed by atoms with E-state index in [0.717, 1.165) is 0 Å². The Morgan fingerprint density at radius 3 is 0.842 bits per heavy atom. The summed E-state index contributed by atoms with van der Waals surface area (Å²) >= 11 is 0. The molecular weight excluding hydrogens is 379 g/mol. The second-order valence-electron chi connectivity index (χ2n) is 2.70. The van der Waals surface area contributed by atoms with Crippen molar-refractivity contribution < 1.29 is 65.1 Å². The van der Waals surface area contributed by atoms with E-state index in [-0.39, 0.29) is 55.4 Å². The van der Waals surface area contributed by atoms with Crippen molar-refractivity contribution in [1.82, 2.24) is 0 Å². The molecule has 0 aliphatic rings. The molecule has 0 rings (SSSR count). The molecule has 0 spiro atoms. The molecule has 0 fully saturated rings. The summed E-state index contributed by atoms with van der Waals surface area (Å²) in [6.07, 6.45) is 0. The molecule has 0 aromatic carbocycles. The van der Waals surface area contributed by atoms with Gasteiger partial charge in [-0.05, 0) is 20.8 Å². The average Bonchev–Trinajstić information content (AvgIpc) is 2.42. The normalized spacial score (nSPS) is 8.53. The van der Waals surface area contributed by atoms with Crippen LogP contribution in [0.5, 0.6) is 0 Å². The quantitative estimate of drug-likeness (QED) is 0.417. The van der Waals surface area contributed by atoms with Crippen molar-refractivity contribution in [2.45, 2.75) is 20.8 Å². The van der Waals surface area contributed by atoms with Crippen LogP contribution in [0.15, 0.2) is 0 Å². The van der Waals surface area contributed by atoms with E-state index >= 15 is 0 Å². The van der Waals surface area contributed by atoms with Gasteiger partial charge in [0.15, 0.2) is 0 Å². The fourth-order valence-corrected chi connectivity index (χ4v) is 0.610. The van der Waals surface area contributed by atoms with E-state index in [2.05, 4.69) is 14.2 Å². The largest absolute Gasteiger partial charge is 3.00 e. The van der Waals surface area contributed by atoms with Crippen LogP contribution in [-0.2, 0) is 14.2 Å². The van der Waals surface area contributed by atoms with Crippen LogP contribution in [-0.4, -0.2) is 59.5 Å². The molecule has 0 saturated carbocycles. The molecule has 0 bridgehead atoms. The molecule has 0 radical (unpaired) electrons. The topological polar surface area (TPSA) is 96.9 Å². The third-order valence-corrected chi connectivity index (χ3v) is 1.30. The first-order valence-electron chi connectivity index (χ1n) is 6.22. The van der Waals surface area contributed by atoms with Crippen LogP contribution >= 0.6 is 0 Å². The van der Waals surface area contributed by atoms with Gasteiger partial charge in [-0.25, -0.2) is 0 Å². The Morgan fingerprint density at radius 1 is 0.579 bits per heavy atom. The zero-order valence-corrected chi connectivity index (χ0v) is 16.0. The summed E-state index contributed by atoms with van der Waals surface area (Å²) in [5, 5.41) is 28.7. The van der Waals surface area contributed by atoms with Crippen molar-refractivity contribution >= 4 is 0 Å². The molecule has 114 valence electrons. The molecule has 0 N–H and O–H groups in total. The first-order valence-corrected chi connectivity index (χ1v) is 6.22. The van der Waals surface area contributed by atoms with E-state index in [4.69, 9.17) is 0 Å². The Labute approximate surface area is 145 Å². The molecule has 6 nitrogen and oxygen atoms in total. The maximum Gasteiger partial charge on any atom is 3.00 e. The van der Waals surface area contributed by atoms with Crippen LogP contribution in [0.4, 0.5) is 0 Å². The van der Waals surface area contributed by atoms with Crippen molar-refractivity contribution in [3.63, 3.8) is 0 Å². The minimum Gasteiger partial charge on any atom is -0.853 e. The van der Waals surface area contributed by atoms with Crippen molar-refractivity contribution in [2.75, 3.05) is 59.5 Å². The summed E-state index contributed by atoms with van der Waals surface area (Å²) in [5.41, 5.74) is 0.